The maximum absolute atomic E-state index is 14.9. The maximum atomic E-state index is 14.9. The van der Waals surface area contributed by atoms with Crippen molar-refractivity contribution in [1.29, 1.82) is 0 Å². The summed E-state index contributed by atoms with van der Waals surface area (Å²) in [5.74, 6) is -0.334. The van der Waals surface area contributed by atoms with E-state index < -0.39 is 11.9 Å². The molecule has 0 spiro atoms. The molecule has 0 saturated heterocycles. The number of hydrogen-bond acceptors (Lipinski definition) is 4. The molecule has 0 aliphatic carbocycles. The Morgan fingerprint density at radius 1 is 1.06 bits per heavy atom. The first-order valence-corrected chi connectivity index (χ1v) is 10.7. The molecule has 2 N–H and O–H groups in total. The zero-order valence-electron chi connectivity index (χ0n) is 18.0. The molecule has 34 heavy (non-hydrogen) atoms. The van der Waals surface area contributed by atoms with E-state index in [1.165, 1.54) is 10.7 Å². The molecule has 2 heterocycles. The third-order valence-electron chi connectivity index (χ3n) is 5.39. The second-order valence-corrected chi connectivity index (χ2v) is 8.08. The van der Waals surface area contributed by atoms with Crippen LogP contribution in [0, 0.1) is 12.7 Å². The highest BCUT2D eigenvalue weighted by atomic mass is 35.5. The predicted octanol–water partition coefficient (Wildman–Crippen LogP) is 6.11. The summed E-state index contributed by atoms with van der Waals surface area (Å²) in [4.78, 5) is 17.0. The summed E-state index contributed by atoms with van der Waals surface area (Å²) >= 11 is 6.39. The van der Waals surface area contributed by atoms with Crippen molar-refractivity contribution in [2.45, 2.75) is 13.0 Å². The number of carbonyl (C=O) groups excluding carboxylic acids is 1. The number of aryl methyl sites for hydroxylation is 1. The van der Waals surface area contributed by atoms with Crippen molar-refractivity contribution < 1.29 is 9.18 Å². The highest BCUT2D eigenvalue weighted by Crippen LogP contribution is 2.37. The summed E-state index contributed by atoms with van der Waals surface area (Å²) in [6.07, 6.45) is 1.85. The molecular formula is C25H20Cl2FN5O. The molecule has 3 aromatic carbocycles. The summed E-state index contributed by atoms with van der Waals surface area (Å²) in [7, 11) is 0. The minimum Gasteiger partial charge on any atom is -0.324 e. The number of anilines is 2. The van der Waals surface area contributed by atoms with Crippen LogP contribution in [0.2, 0.25) is 5.02 Å². The van der Waals surface area contributed by atoms with Crippen LogP contribution >= 0.6 is 24.0 Å². The topological polar surface area (TPSA) is 71.8 Å². The largest absolute Gasteiger partial charge is 0.324 e. The van der Waals surface area contributed by atoms with E-state index in [9.17, 15) is 9.18 Å². The molecule has 1 unspecified atom stereocenters. The van der Waals surface area contributed by atoms with Crippen LogP contribution < -0.4 is 10.6 Å². The molecule has 1 atom stereocenters. The Morgan fingerprint density at radius 2 is 1.79 bits per heavy atom. The lowest BCUT2D eigenvalue weighted by Crippen LogP contribution is -2.21. The number of benzene rings is 3. The van der Waals surface area contributed by atoms with Crippen molar-refractivity contribution in [3.05, 3.63) is 112 Å². The van der Waals surface area contributed by atoms with Gasteiger partial charge in [-0.25, -0.2) is 9.07 Å². The molecule has 172 valence electrons. The highest BCUT2D eigenvalue weighted by molar-refractivity contribution is 6.31. The van der Waals surface area contributed by atoms with Gasteiger partial charge in [0.2, 0.25) is 5.95 Å². The van der Waals surface area contributed by atoms with Crippen molar-refractivity contribution in [3.8, 4) is 0 Å². The van der Waals surface area contributed by atoms with Gasteiger partial charge < -0.3 is 5.32 Å². The number of nitrogens with one attached hydrogen (secondary N) is 2. The number of aromatic nitrogens is 3. The summed E-state index contributed by atoms with van der Waals surface area (Å²) in [6.45, 7) is 2.01. The van der Waals surface area contributed by atoms with Gasteiger partial charge in [0.1, 0.15) is 11.9 Å². The molecule has 1 aromatic heterocycles. The molecule has 9 heteroatoms. The summed E-state index contributed by atoms with van der Waals surface area (Å²) < 4.78 is 16.4. The average Bonchev–Trinajstić information content (AvgIpc) is 3.22. The Morgan fingerprint density at radius 3 is 2.50 bits per heavy atom. The molecule has 0 saturated carbocycles. The van der Waals surface area contributed by atoms with Gasteiger partial charge in [-0.2, -0.15) is 4.98 Å². The van der Waals surface area contributed by atoms with Crippen LogP contribution in [0.4, 0.5) is 16.3 Å². The zero-order chi connectivity index (χ0) is 22.9. The van der Waals surface area contributed by atoms with Crippen LogP contribution in [-0.2, 0) is 0 Å². The number of allylic oxidation sites excluding steroid dienone is 1. The predicted molar refractivity (Wildman–Crippen MR) is 134 cm³/mol. The van der Waals surface area contributed by atoms with Crippen LogP contribution in [-0.4, -0.2) is 20.7 Å². The molecule has 0 fully saturated rings. The van der Waals surface area contributed by atoms with Gasteiger partial charge in [-0.15, -0.1) is 17.5 Å². The normalized spacial score (nSPS) is 14.3. The number of nitrogens with zero attached hydrogens (tertiary/aromatic N) is 3. The van der Waals surface area contributed by atoms with Crippen molar-refractivity contribution in [1.82, 2.24) is 14.8 Å². The van der Waals surface area contributed by atoms with E-state index in [4.69, 9.17) is 11.6 Å². The third-order valence-corrected chi connectivity index (χ3v) is 5.71. The SMILES string of the molecule is Cc1ccc(C2=CC(c3c(F)cccc3Cl)n3nc(NC(=O)c4ccccc4)nc3N2)cc1.Cl. The lowest BCUT2D eigenvalue weighted by Gasteiger charge is -2.25. The van der Waals surface area contributed by atoms with Crippen molar-refractivity contribution >= 4 is 47.5 Å². The molecule has 0 radical (unpaired) electrons. The first kappa shape index (κ1) is 23.5. The number of fused-ring (bicyclic) bond motifs is 1. The Bertz CT molecular complexity index is 1350. The Labute approximate surface area is 206 Å². The average molecular weight is 496 g/mol. The van der Waals surface area contributed by atoms with Crippen molar-refractivity contribution in [2.24, 2.45) is 0 Å². The monoisotopic (exact) mass is 495 g/mol. The first-order valence-electron chi connectivity index (χ1n) is 10.3. The van der Waals surface area contributed by atoms with E-state index in [-0.39, 0.29) is 34.8 Å². The lowest BCUT2D eigenvalue weighted by atomic mass is 10.0. The quantitative estimate of drug-likeness (QED) is 0.358. The second-order valence-electron chi connectivity index (χ2n) is 7.68. The number of hydrogen-bond donors (Lipinski definition) is 2. The van der Waals surface area contributed by atoms with E-state index in [0.717, 1.165) is 16.8 Å². The minimum atomic E-state index is -0.666. The van der Waals surface area contributed by atoms with E-state index in [1.807, 2.05) is 43.3 Å². The summed E-state index contributed by atoms with van der Waals surface area (Å²) in [5.41, 5.74) is 3.52. The fourth-order valence-corrected chi connectivity index (χ4v) is 3.98. The van der Waals surface area contributed by atoms with Gasteiger partial charge in [0.15, 0.2) is 0 Å². The van der Waals surface area contributed by atoms with Gasteiger partial charge in [0, 0.05) is 21.8 Å². The molecule has 1 aliphatic rings. The van der Waals surface area contributed by atoms with E-state index in [1.54, 1.807) is 36.4 Å². The Kier molecular flexibility index (Phi) is 6.68. The number of carbonyl (C=O) groups is 1. The fraction of sp³-hybridized carbons (Fsp3) is 0.0800. The molecule has 1 aliphatic heterocycles. The van der Waals surface area contributed by atoms with Gasteiger partial charge >= 0.3 is 0 Å². The smallest absolute Gasteiger partial charge is 0.258 e. The fourth-order valence-electron chi connectivity index (χ4n) is 3.71. The molecular weight excluding hydrogens is 476 g/mol. The number of rotatable bonds is 4. The third kappa shape index (κ3) is 4.53. The number of amides is 1. The summed E-state index contributed by atoms with van der Waals surface area (Å²) in [6, 6.07) is 20.6. The van der Waals surface area contributed by atoms with Crippen LogP contribution in [0.15, 0.2) is 78.9 Å². The van der Waals surface area contributed by atoms with Gasteiger partial charge in [0.05, 0.1) is 0 Å². The van der Waals surface area contributed by atoms with Crippen molar-refractivity contribution in [2.75, 3.05) is 10.6 Å². The Balaban J connectivity index is 0.00000274. The van der Waals surface area contributed by atoms with Crippen LogP contribution in [0.25, 0.3) is 5.70 Å². The van der Waals surface area contributed by atoms with Crippen LogP contribution in [0.3, 0.4) is 0 Å². The standard InChI is InChI=1S/C25H19ClFN5O.ClH/c1-15-10-12-16(13-11-15)20-14-21(22-18(26)8-5-9-19(22)27)32-25(28-20)30-24(31-32)29-23(33)17-6-3-2-4-7-17;/h2-14,21H,1H3,(H2,28,29,30,31,33);1H. The van der Waals surface area contributed by atoms with Gasteiger partial charge in [0.25, 0.3) is 11.9 Å². The minimum absolute atomic E-state index is 0. The van der Waals surface area contributed by atoms with Crippen molar-refractivity contribution in [3.63, 3.8) is 0 Å². The van der Waals surface area contributed by atoms with E-state index in [0.29, 0.717) is 11.5 Å². The molecule has 1 amide bonds. The van der Waals surface area contributed by atoms with E-state index in [2.05, 4.69) is 20.7 Å². The zero-order valence-corrected chi connectivity index (χ0v) is 19.6. The highest BCUT2D eigenvalue weighted by Gasteiger charge is 2.29. The first-order chi connectivity index (χ1) is 16.0. The maximum Gasteiger partial charge on any atom is 0.258 e. The van der Waals surface area contributed by atoms with Crippen LogP contribution in [0.5, 0.6) is 0 Å². The van der Waals surface area contributed by atoms with Crippen LogP contribution in [0.1, 0.15) is 33.1 Å². The Hall–Kier alpha value is -3.68. The van der Waals surface area contributed by atoms with Gasteiger partial charge in [-0.3, -0.25) is 10.1 Å². The lowest BCUT2D eigenvalue weighted by molar-refractivity contribution is 0.102. The second kappa shape index (κ2) is 9.67. The van der Waals surface area contributed by atoms with Gasteiger partial charge in [-0.1, -0.05) is 65.7 Å². The molecule has 0 bridgehead atoms. The molecule has 4 aromatic rings. The molecule has 5 rings (SSSR count). The summed E-state index contributed by atoms with van der Waals surface area (Å²) in [5, 5.41) is 10.7. The van der Waals surface area contributed by atoms with E-state index >= 15 is 0 Å². The number of halogens is 3. The van der Waals surface area contributed by atoms with Gasteiger partial charge in [-0.05, 0) is 42.8 Å². The molecule has 6 nitrogen and oxygen atoms in total.